The van der Waals surface area contributed by atoms with E-state index in [1.807, 2.05) is 26.0 Å². The molecular weight excluding hydrogens is 414 g/mol. The van der Waals surface area contributed by atoms with Crippen molar-refractivity contribution in [1.82, 2.24) is 9.97 Å². The molecule has 0 aliphatic heterocycles. The van der Waals surface area contributed by atoms with Gasteiger partial charge in [0.1, 0.15) is 23.9 Å². The number of urea groups is 1. The van der Waals surface area contributed by atoms with Crippen molar-refractivity contribution in [1.29, 1.82) is 0 Å². The fraction of sp³-hybridized carbons (Fsp3) is 0.182. The molecule has 3 amide bonds. The number of aromatic amines is 1. The number of benzene rings is 2. The maximum absolute atomic E-state index is 12.4. The van der Waals surface area contributed by atoms with Gasteiger partial charge in [0.25, 0.3) is 5.91 Å². The number of nitrogens with one attached hydrogen (secondary N) is 3. The third-order valence-electron chi connectivity index (χ3n) is 4.52. The number of H-pyrrole nitrogens is 1. The number of carboxylic acids is 1. The smallest absolute Gasteiger partial charge is 0.324 e. The lowest BCUT2D eigenvalue weighted by Crippen LogP contribution is -2.23. The van der Waals surface area contributed by atoms with E-state index in [9.17, 15) is 14.4 Å². The van der Waals surface area contributed by atoms with Gasteiger partial charge in [-0.05, 0) is 43.2 Å². The number of hydrogen-bond donors (Lipinski definition) is 5. The van der Waals surface area contributed by atoms with E-state index in [1.54, 1.807) is 30.3 Å². The van der Waals surface area contributed by atoms with Crippen LogP contribution in [0.2, 0.25) is 0 Å². The minimum absolute atomic E-state index is 0.0184. The number of carboxylic acid groups (broad SMARTS) is 1. The Balaban J connectivity index is 1.66. The van der Waals surface area contributed by atoms with Crippen molar-refractivity contribution in [3.05, 3.63) is 70.7 Å². The lowest BCUT2D eigenvalue weighted by atomic mass is 10.1. The third-order valence-corrected chi connectivity index (χ3v) is 4.52. The number of amides is 3. The highest BCUT2D eigenvalue weighted by Gasteiger charge is 2.18. The lowest BCUT2D eigenvalue weighted by molar-refractivity contribution is -0.136. The molecule has 0 aliphatic rings. The van der Waals surface area contributed by atoms with Crippen LogP contribution >= 0.6 is 0 Å². The van der Waals surface area contributed by atoms with Crippen LogP contribution in [0.15, 0.2) is 42.5 Å². The molecule has 3 rings (SSSR count). The number of hydrogen-bond acceptors (Lipinski definition) is 5. The first-order chi connectivity index (χ1) is 15.2. The van der Waals surface area contributed by atoms with Gasteiger partial charge in [-0.2, -0.15) is 0 Å². The zero-order valence-electron chi connectivity index (χ0n) is 17.6. The molecule has 1 heterocycles. The molecule has 1 aromatic heterocycles. The lowest BCUT2D eigenvalue weighted by Gasteiger charge is -2.09. The summed E-state index contributed by atoms with van der Waals surface area (Å²) in [6.45, 7) is 3.79. The Morgan fingerprint density at radius 1 is 1.09 bits per heavy atom. The highest BCUT2D eigenvalue weighted by atomic mass is 16.5. The zero-order valence-corrected chi connectivity index (χ0v) is 17.6. The van der Waals surface area contributed by atoms with Gasteiger partial charge in [0, 0.05) is 5.69 Å². The van der Waals surface area contributed by atoms with E-state index in [2.05, 4.69) is 20.6 Å². The molecule has 6 N–H and O–H groups in total. The second-order valence-electron chi connectivity index (χ2n) is 7.17. The molecule has 0 radical (unpaired) electrons. The van der Waals surface area contributed by atoms with Crippen LogP contribution in [0.25, 0.3) is 0 Å². The second kappa shape index (κ2) is 9.65. The first-order valence-corrected chi connectivity index (χ1v) is 9.68. The largest absolute Gasteiger partial charge is 0.486 e. The van der Waals surface area contributed by atoms with E-state index in [1.165, 1.54) is 0 Å². The average Bonchev–Trinajstić information content (AvgIpc) is 3.12. The molecule has 2 aromatic carbocycles. The van der Waals surface area contributed by atoms with E-state index in [4.69, 9.17) is 15.6 Å². The summed E-state index contributed by atoms with van der Waals surface area (Å²) in [7, 11) is 0. The average molecular weight is 437 g/mol. The number of ether oxygens (including phenoxy) is 1. The second-order valence-corrected chi connectivity index (χ2v) is 7.17. The number of nitrogens with zero attached hydrogens (tertiary/aromatic N) is 1. The number of imidazole rings is 1. The number of nitrogens with two attached hydrogens (primary N) is 1. The molecule has 0 atom stereocenters. The molecular formula is C22H23N5O5. The van der Waals surface area contributed by atoms with Gasteiger partial charge in [-0.3, -0.25) is 14.9 Å². The van der Waals surface area contributed by atoms with Crippen LogP contribution in [0.1, 0.15) is 33.0 Å². The Kier molecular flexibility index (Phi) is 6.74. The molecule has 10 nitrogen and oxygen atoms in total. The number of carbonyl (C=O) groups excluding carboxylic acids is 2. The molecule has 0 fully saturated rings. The van der Waals surface area contributed by atoms with Crippen molar-refractivity contribution in [2.75, 3.05) is 10.6 Å². The summed E-state index contributed by atoms with van der Waals surface area (Å²) in [5.41, 5.74) is 8.55. The third kappa shape index (κ3) is 5.85. The predicted molar refractivity (Wildman–Crippen MR) is 118 cm³/mol. The molecule has 0 aliphatic carbocycles. The molecule has 0 spiro atoms. The summed E-state index contributed by atoms with van der Waals surface area (Å²) in [5, 5.41) is 14.0. The summed E-state index contributed by atoms with van der Waals surface area (Å²) >= 11 is 0. The summed E-state index contributed by atoms with van der Waals surface area (Å²) in [6.07, 6.45) is -0.0837. The summed E-state index contributed by atoms with van der Waals surface area (Å²) < 4.78 is 5.61. The highest BCUT2D eigenvalue weighted by molar-refractivity contribution is 6.04. The van der Waals surface area contributed by atoms with Gasteiger partial charge in [0.15, 0.2) is 5.82 Å². The number of carbonyl (C=O) groups is 3. The quantitative estimate of drug-likeness (QED) is 0.364. The van der Waals surface area contributed by atoms with Crippen molar-refractivity contribution < 1.29 is 24.2 Å². The van der Waals surface area contributed by atoms with Gasteiger partial charge in [-0.1, -0.05) is 29.8 Å². The van der Waals surface area contributed by atoms with Crippen LogP contribution in [-0.4, -0.2) is 33.0 Å². The number of aromatic nitrogens is 2. The predicted octanol–water partition coefficient (Wildman–Crippen LogP) is 2.98. The molecule has 0 bridgehead atoms. The van der Waals surface area contributed by atoms with Gasteiger partial charge in [0.05, 0.1) is 6.42 Å². The van der Waals surface area contributed by atoms with Gasteiger partial charge in [0.2, 0.25) is 0 Å². The highest BCUT2D eigenvalue weighted by Crippen LogP contribution is 2.19. The monoisotopic (exact) mass is 437 g/mol. The molecule has 166 valence electrons. The maximum atomic E-state index is 12.4. The summed E-state index contributed by atoms with van der Waals surface area (Å²) in [6, 6.07) is 11.6. The minimum atomic E-state index is -0.921. The van der Waals surface area contributed by atoms with Crippen LogP contribution in [0, 0.1) is 13.8 Å². The van der Waals surface area contributed by atoms with E-state index in [-0.39, 0.29) is 30.4 Å². The Labute approximate surface area is 183 Å². The van der Waals surface area contributed by atoms with Crippen molar-refractivity contribution in [2.24, 2.45) is 5.73 Å². The molecule has 0 saturated heterocycles. The Morgan fingerprint density at radius 3 is 2.44 bits per heavy atom. The standard InChI is InChI=1S/C22H23N5O5/c1-12-3-8-16(13(2)9-12)24-22(31)27-21-19(20(23)30)25-17(26-21)11-32-15-6-4-14(5-7-15)10-18(28)29/h3-9H,10-11H2,1-2H3,(H2,23,30)(H,25,26)(H,28,29)(H2,24,27,31). The molecule has 3 aromatic rings. The zero-order chi connectivity index (χ0) is 23.3. The Bertz CT molecular complexity index is 1150. The number of primary amides is 1. The van der Waals surface area contributed by atoms with Crippen molar-refractivity contribution in [2.45, 2.75) is 26.9 Å². The van der Waals surface area contributed by atoms with Gasteiger partial charge in [-0.15, -0.1) is 0 Å². The fourth-order valence-corrected chi connectivity index (χ4v) is 3.00. The van der Waals surface area contributed by atoms with Gasteiger partial charge < -0.3 is 25.9 Å². The summed E-state index contributed by atoms with van der Waals surface area (Å²) in [5.74, 6) is -0.970. The van der Waals surface area contributed by atoms with Crippen LogP contribution in [0.4, 0.5) is 16.3 Å². The molecule has 0 unspecified atom stereocenters. The van der Waals surface area contributed by atoms with Crippen LogP contribution in [0.3, 0.4) is 0 Å². The number of anilines is 2. The first kappa shape index (κ1) is 22.3. The van der Waals surface area contributed by atoms with Crippen LogP contribution in [0.5, 0.6) is 5.75 Å². The number of rotatable bonds is 8. The Hall–Kier alpha value is -4.34. The van der Waals surface area contributed by atoms with E-state index in [0.717, 1.165) is 11.1 Å². The Morgan fingerprint density at radius 2 is 1.81 bits per heavy atom. The maximum Gasteiger partial charge on any atom is 0.324 e. The van der Waals surface area contributed by atoms with Crippen molar-refractivity contribution >= 4 is 29.4 Å². The van der Waals surface area contributed by atoms with E-state index in [0.29, 0.717) is 17.0 Å². The summed E-state index contributed by atoms with van der Waals surface area (Å²) in [4.78, 5) is 41.8. The van der Waals surface area contributed by atoms with E-state index < -0.39 is 17.9 Å². The molecule has 32 heavy (non-hydrogen) atoms. The fourth-order valence-electron chi connectivity index (χ4n) is 3.00. The molecule has 0 saturated carbocycles. The number of aryl methyl sites for hydroxylation is 2. The first-order valence-electron chi connectivity index (χ1n) is 9.68. The minimum Gasteiger partial charge on any atom is -0.486 e. The van der Waals surface area contributed by atoms with Gasteiger partial charge >= 0.3 is 12.0 Å². The van der Waals surface area contributed by atoms with Crippen LogP contribution < -0.4 is 21.1 Å². The normalized spacial score (nSPS) is 10.4. The topological polar surface area (TPSA) is 159 Å². The molecule has 10 heteroatoms. The van der Waals surface area contributed by atoms with Crippen molar-refractivity contribution in [3.63, 3.8) is 0 Å². The number of aliphatic carboxylic acids is 1. The van der Waals surface area contributed by atoms with E-state index >= 15 is 0 Å². The van der Waals surface area contributed by atoms with Crippen LogP contribution in [-0.2, 0) is 17.8 Å². The SMILES string of the molecule is Cc1ccc(NC(=O)Nc2nc(COc3ccc(CC(=O)O)cc3)[nH]c2C(N)=O)c(C)c1. The van der Waals surface area contributed by atoms with Gasteiger partial charge in [-0.25, -0.2) is 9.78 Å². The van der Waals surface area contributed by atoms with Crippen molar-refractivity contribution in [3.8, 4) is 5.75 Å².